The van der Waals surface area contributed by atoms with Gasteiger partial charge in [0.1, 0.15) is 0 Å². The van der Waals surface area contributed by atoms with Gasteiger partial charge in [0, 0.05) is 16.6 Å². The second kappa shape index (κ2) is 7.88. The van der Waals surface area contributed by atoms with Gasteiger partial charge in [0.2, 0.25) is 0 Å². The van der Waals surface area contributed by atoms with Gasteiger partial charge in [0.05, 0.1) is 16.8 Å². The van der Waals surface area contributed by atoms with Crippen molar-refractivity contribution >= 4 is 22.5 Å². The van der Waals surface area contributed by atoms with E-state index >= 15 is 0 Å². The maximum Gasteiger partial charge on any atom is 0.256 e. The fraction of sp³-hybridized carbons (Fsp3) is 0.154. The molecule has 1 N–H and O–H groups in total. The SMILES string of the molecule is CCc1ccc(-c2cc(C(=O)Nc3cccc(C)c3C)c3ccccc3n2)cc1. The first kappa shape index (κ1) is 18.9. The predicted molar refractivity (Wildman–Crippen MR) is 120 cm³/mol. The minimum atomic E-state index is -0.122. The summed E-state index contributed by atoms with van der Waals surface area (Å²) in [5.41, 5.74) is 7.61. The van der Waals surface area contributed by atoms with Gasteiger partial charge in [0.25, 0.3) is 5.91 Å². The summed E-state index contributed by atoms with van der Waals surface area (Å²) in [5, 5.41) is 3.94. The lowest BCUT2D eigenvalue weighted by atomic mass is 10.0. The fourth-order valence-corrected chi connectivity index (χ4v) is 3.50. The van der Waals surface area contributed by atoms with Crippen LogP contribution >= 0.6 is 0 Å². The van der Waals surface area contributed by atoms with Gasteiger partial charge in [-0.15, -0.1) is 0 Å². The van der Waals surface area contributed by atoms with E-state index in [0.717, 1.165) is 45.4 Å². The molecular weight excluding hydrogens is 356 g/mol. The minimum Gasteiger partial charge on any atom is -0.322 e. The number of nitrogens with one attached hydrogen (secondary N) is 1. The average molecular weight is 380 g/mol. The molecule has 0 bridgehead atoms. The normalized spacial score (nSPS) is 10.9. The molecule has 0 aliphatic carbocycles. The lowest BCUT2D eigenvalue weighted by Gasteiger charge is -2.13. The Kier molecular flexibility index (Phi) is 5.13. The summed E-state index contributed by atoms with van der Waals surface area (Å²) in [7, 11) is 0. The third-order valence-electron chi connectivity index (χ3n) is 5.47. The van der Waals surface area contributed by atoms with E-state index in [1.807, 2.05) is 62.4 Å². The van der Waals surface area contributed by atoms with Gasteiger partial charge in [-0.3, -0.25) is 4.79 Å². The van der Waals surface area contributed by atoms with Crippen LogP contribution in [0.25, 0.3) is 22.2 Å². The lowest BCUT2D eigenvalue weighted by Crippen LogP contribution is -2.14. The molecule has 0 saturated heterocycles. The highest BCUT2D eigenvalue weighted by atomic mass is 16.1. The van der Waals surface area contributed by atoms with Crippen LogP contribution in [0.15, 0.2) is 72.8 Å². The number of aromatic nitrogens is 1. The Morgan fingerprint density at radius 2 is 1.69 bits per heavy atom. The first-order valence-electron chi connectivity index (χ1n) is 9.93. The second-order valence-corrected chi connectivity index (χ2v) is 7.32. The standard InChI is InChI=1S/C26H24N2O/c1-4-19-12-14-20(15-13-19)25-16-22(21-9-5-6-10-24(21)27-25)26(29)28-23-11-7-8-17(2)18(23)3/h5-16H,4H2,1-3H3,(H,28,29). The molecular formula is C26H24N2O. The quantitative estimate of drug-likeness (QED) is 0.449. The first-order chi connectivity index (χ1) is 14.1. The van der Waals surface area contributed by atoms with E-state index in [9.17, 15) is 4.79 Å². The smallest absolute Gasteiger partial charge is 0.256 e. The highest BCUT2D eigenvalue weighted by molar-refractivity contribution is 6.13. The zero-order valence-electron chi connectivity index (χ0n) is 17.0. The number of carbonyl (C=O) groups excluding carboxylic acids is 1. The van der Waals surface area contributed by atoms with Crippen molar-refractivity contribution in [2.24, 2.45) is 0 Å². The van der Waals surface area contributed by atoms with Gasteiger partial charge in [0.15, 0.2) is 0 Å². The number of hydrogen-bond acceptors (Lipinski definition) is 2. The zero-order chi connectivity index (χ0) is 20.4. The number of amides is 1. The summed E-state index contributed by atoms with van der Waals surface area (Å²) in [4.78, 5) is 18.0. The number of rotatable bonds is 4. The summed E-state index contributed by atoms with van der Waals surface area (Å²) in [6.07, 6.45) is 0.995. The molecule has 1 amide bonds. The Labute approximate surface area is 171 Å². The van der Waals surface area contributed by atoms with Crippen molar-refractivity contribution in [2.75, 3.05) is 5.32 Å². The molecule has 3 nitrogen and oxygen atoms in total. The molecule has 1 aromatic heterocycles. The number of para-hydroxylation sites is 1. The molecule has 0 aliphatic rings. The fourth-order valence-electron chi connectivity index (χ4n) is 3.50. The van der Waals surface area contributed by atoms with Crippen LogP contribution in [0.1, 0.15) is 34.0 Å². The van der Waals surface area contributed by atoms with Gasteiger partial charge in [-0.05, 0) is 55.2 Å². The Morgan fingerprint density at radius 1 is 0.931 bits per heavy atom. The molecule has 0 unspecified atom stereocenters. The predicted octanol–water partition coefficient (Wildman–Crippen LogP) is 6.33. The molecule has 0 spiro atoms. The Hall–Kier alpha value is -3.46. The molecule has 29 heavy (non-hydrogen) atoms. The molecule has 0 aliphatic heterocycles. The van der Waals surface area contributed by atoms with E-state index in [-0.39, 0.29) is 5.91 Å². The highest BCUT2D eigenvalue weighted by Crippen LogP contribution is 2.27. The maximum atomic E-state index is 13.2. The molecule has 3 aromatic carbocycles. The van der Waals surface area contributed by atoms with Crippen LogP contribution in [0, 0.1) is 13.8 Å². The number of aryl methyl sites for hydroxylation is 2. The van der Waals surface area contributed by atoms with Crippen LogP contribution in [0.5, 0.6) is 0 Å². The number of hydrogen-bond donors (Lipinski definition) is 1. The largest absolute Gasteiger partial charge is 0.322 e. The van der Waals surface area contributed by atoms with Crippen molar-refractivity contribution in [1.29, 1.82) is 0 Å². The molecule has 4 aromatic rings. The molecule has 0 saturated carbocycles. The summed E-state index contributed by atoms with van der Waals surface area (Å²) in [5.74, 6) is -0.122. The minimum absolute atomic E-state index is 0.122. The van der Waals surface area contributed by atoms with E-state index < -0.39 is 0 Å². The number of benzene rings is 3. The van der Waals surface area contributed by atoms with E-state index in [4.69, 9.17) is 4.98 Å². The van der Waals surface area contributed by atoms with E-state index in [0.29, 0.717) is 5.56 Å². The van der Waals surface area contributed by atoms with Gasteiger partial charge in [-0.25, -0.2) is 4.98 Å². The van der Waals surface area contributed by atoms with E-state index in [2.05, 4.69) is 36.5 Å². The van der Waals surface area contributed by atoms with Crippen molar-refractivity contribution < 1.29 is 4.79 Å². The van der Waals surface area contributed by atoms with Crippen molar-refractivity contribution in [3.05, 3.63) is 95.1 Å². The zero-order valence-corrected chi connectivity index (χ0v) is 17.0. The summed E-state index contributed by atoms with van der Waals surface area (Å²) < 4.78 is 0. The lowest BCUT2D eigenvalue weighted by molar-refractivity contribution is 0.102. The topological polar surface area (TPSA) is 42.0 Å². The van der Waals surface area contributed by atoms with E-state index in [1.54, 1.807) is 0 Å². The van der Waals surface area contributed by atoms with Crippen LogP contribution in [0.3, 0.4) is 0 Å². The number of nitrogens with zero attached hydrogens (tertiary/aromatic N) is 1. The third-order valence-corrected chi connectivity index (χ3v) is 5.47. The maximum absolute atomic E-state index is 13.2. The number of pyridine rings is 1. The molecule has 0 atom stereocenters. The number of fused-ring (bicyclic) bond motifs is 1. The Morgan fingerprint density at radius 3 is 2.45 bits per heavy atom. The van der Waals surface area contributed by atoms with Crippen LogP contribution in [0.4, 0.5) is 5.69 Å². The van der Waals surface area contributed by atoms with Crippen molar-refractivity contribution in [3.8, 4) is 11.3 Å². The van der Waals surface area contributed by atoms with Gasteiger partial charge in [-0.2, -0.15) is 0 Å². The number of carbonyl (C=O) groups is 1. The van der Waals surface area contributed by atoms with Crippen LogP contribution in [-0.2, 0) is 6.42 Å². The van der Waals surface area contributed by atoms with Crippen molar-refractivity contribution in [2.45, 2.75) is 27.2 Å². The van der Waals surface area contributed by atoms with Crippen LogP contribution < -0.4 is 5.32 Å². The summed E-state index contributed by atoms with van der Waals surface area (Å²) in [6, 6.07) is 24.0. The van der Waals surface area contributed by atoms with Gasteiger partial charge < -0.3 is 5.32 Å². The summed E-state index contributed by atoms with van der Waals surface area (Å²) in [6.45, 7) is 6.21. The van der Waals surface area contributed by atoms with Gasteiger partial charge >= 0.3 is 0 Å². The van der Waals surface area contributed by atoms with E-state index in [1.165, 1.54) is 5.56 Å². The third kappa shape index (κ3) is 3.77. The molecule has 4 rings (SSSR count). The van der Waals surface area contributed by atoms with Crippen LogP contribution in [-0.4, -0.2) is 10.9 Å². The molecule has 144 valence electrons. The molecule has 0 radical (unpaired) electrons. The molecule has 1 heterocycles. The van der Waals surface area contributed by atoms with Crippen molar-refractivity contribution in [3.63, 3.8) is 0 Å². The Balaban J connectivity index is 1.79. The van der Waals surface area contributed by atoms with Gasteiger partial charge in [-0.1, -0.05) is 61.5 Å². The first-order valence-corrected chi connectivity index (χ1v) is 9.93. The van der Waals surface area contributed by atoms with Crippen molar-refractivity contribution in [1.82, 2.24) is 4.98 Å². The average Bonchev–Trinajstić information content (AvgIpc) is 2.76. The highest BCUT2D eigenvalue weighted by Gasteiger charge is 2.15. The second-order valence-electron chi connectivity index (χ2n) is 7.32. The van der Waals surface area contributed by atoms with Crippen LogP contribution in [0.2, 0.25) is 0 Å². The monoisotopic (exact) mass is 380 g/mol. The molecule has 0 fully saturated rings. The summed E-state index contributed by atoms with van der Waals surface area (Å²) >= 11 is 0. The molecule has 3 heteroatoms. The number of anilines is 1. The Bertz CT molecular complexity index is 1190.